The Bertz CT molecular complexity index is 728. The average molecular weight is 279 g/mol. The van der Waals surface area contributed by atoms with E-state index in [4.69, 9.17) is 5.73 Å². The number of nitrogens with two attached hydrogens (primary N) is 1. The highest BCUT2D eigenvalue weighted by molar-refractivity contribution is 5.93. The van der Waals surface area contributed by atoms with Crippen molar-refractivity contribution < 1.29 is 0 Å². The van der Waals surface area contributed by atoms with Crippen LogP contribution in [0.4, 0.5) is 5.69 Å². The third-order valence-corrected chi connectivity index (χ3v) is 3.39. The Morgan fingerprint density at radius 3 is 2.14 bits per heavy atom. The van der Waals surface area contributed by atoms with Crippen molar-refractivity contribution in [2.75, 3.05) is 5.73 Å². The van der Waals surface area contributed by atoms with Crippen molar-refractivity contribution in [3.8, 4) is 11.8 Å². The SMILES string of the molecule is CC(C)(C)C#Cc1c(C(C)(C)C)c(N)cc2ccccc12. The molecule has 0 radical (unpaired) electrons. The molecule has 0 aliphatic rings. The van der Waals surface area contributed by atoms with E-state index in [2.05, 4.69) is 77.6 Å². The number of fused-ring (bicyclic) bond motifs is 1. The van der Waals surface area contributed by atoms with Crippen molar-refractivity contribution in [2.45, 2.75) is 47.0 Å². The Labute approximate surface area is 128 Å². The highest BCUT2D eigenvalue weighted by Gasteiger charge is 2.22. The maximum atomic E-state index is 6.35. The smallest absolute Gasteiger partial charge is 0.0381 e. The molecule has 0 saturated carbocycles. The van der Waals surface area contributed by atoms with Gasteiger partial charge in [0.1, 0.15) is 0 Å². The van der Waals surface area contributed by atoms with Crippen molar-refractivity contribution in [3.05, 3.63) is 41.5 Å². The zero-order valence-electron chi connectivity index (χ0n) is 14.0. The highest BCUT2D eigenvalue weighted by Crippen LogP contribution is 2.36. The van der Waals surface area contributed by atoms with Crippen molar-refractivity contribution >= 4 is 16.5 Å². The third-order valence-electron chi connectivity index (χ3n) is 3.39. The first-order chi connectivity index (χ1) is 9.59. The summed E-state index contributed by atoms with van der Waals surface area (Å²) in [4.78, 5) is 0. The van der Waals surface area contributed by atoms with Crippen LogP contribution in [0.1, 0.15) is 52.7 Å². The van der Waals surface area contributed by atoms with E-state index in [0.717, 1.165) is 22.2 Å². The molecule has 1 nitrogen and oxygen atoms in total. The zero-order chi connectivity index (χ0) is 15.8. The second-order valence-electron chi connectivity index (χ2n) is 7.69. The lowest BCUT2D eigenvalue weighted by Crippen LogP contribution is -2.16. The Hall–Kier alpha value is -1.94. The van der Waals surface area contributed by atoms with Crippen LogP contribution in [0.5, 0.6) is 0 Å². The first kappa shape index (κ1) is 15.4. The highest BCUT2D eigenvalue weighted by atomic mass is 14.6. The monoisotopic (exact) mass is 279 g/mol. The molecule has 2 aromatic carbocycles. The Morgan fingerprint density at radius 2 is 1.57 bits per heavy atom. The molecule has 0 aromatic heterocycles. The van der Waals surface area contributed by atoms with Crippen LogP contribution in [-0.4, -0.2) is 0 Å². The fourth-order valence-corrected chi connectivity index (χ4v) is 2.56. The maximum Gasteiger partial charge on any atom is 0.0381 e. The van der Waals surface area contributed by atoms with Gasteiger partial charge in [-0.3, -0.25) is 0 Å². The summed E-state index contributed by atoms with van der Waals surface area (Å²) in [7, 11) is 0. The van der Waals surface area contributed by atoms with Gasteiger partial charge < -0.3 is 5.73 Å². The van der Waals surface area contributed by atoms with Gasteiger partial charge in [0.15, 0.2) is 0 Å². The second-order valence-corrected chi connectivity index (χ2v) is 7.69. The molecule has 1 heteroatoms. The normalized spacial score (nSPS) is 12.1. The van der Waals surface area contributed by atoms with Crippen molar-refractivity contribution in [1.29, 1.82) is 0 Å². The van der Waals surface area contributed by atoms with Gasteiger partial charge in [-0.1, -0.05) is 56.9 Å². The van der Waals surface area contributed by atoms with Crippen LogP contribution in [0.3, 0.4) is 0 Å². The van der Waals surface area contributed by atoms with Gasteiger partial charge in [-0.15, -0.1) is 0 Å². The van der Waals surface area contributed by atoms with E-state index < -0.39 is 0 Å². The van der Waals surface area contributed by atoms with Crippen LogP contribution in [-0.2, 0) is 5.41 Å². The lowest BCUT2D eigenvalue weighted by Gasteiger charge is -2.24. The van der Waals surface area contributed by atoms with Crippen LogP contribution in [0.15, 0.2) is 30.3 Å². The quantitative estimate of drug-likeness (QED) is 0.526. The molecule has 0 bridgehead atoms. The third kappa shape index (κ3) is 3.39. The van der Waals surface area contributed by atoms with E-state index in [0.29, 0.717) is 0 Å². The molecule has 0 heterocycles. The summed E-state index contributed by atoms with van der Waals surface area (Å²) in [6.07, 6.45) is 0. The molecule has 2 aromatic rings. The predicted molar refractivity (Wildman–Crippen MR) is 93.4 cm³/mol. The Balaban J connectivity index is 2.88. The number of anilines is 1. The van der Waals surface area contributed by atoms with E-state index in [-0.39, 0.29) is 10.8 Å². The van der Waals surface area contributed by atoms with Crippen LogP contribution in [0.2, 0.25) is 0 Å². The Kier molecular flexibility index (Phi) is 3.76. The first-order valence-corrected chi connectivity index (χ1v) is 7.44. The molecule has 0 spiro atoms. The van der Waals surface area contributed by atoms with Crippen molar-refractivity contribution in [1.82, 2.24) is 0 Å². The lowest BCUT2D eigenvalue weighted by molar-refractivity contribution is 0.570. The van der Waals surface area contributed by atoms with Crippen LogP contribution >= 0.6 is 0 Å². The number of hydrogen-bond acceptors (Lipinski definition) is 1. The van der Waals surface area contributed by atoms with E-state index in [9.17, 15) is 0 Å². The van der Waals surface area contributed by atoms with Gasteiger partial charge in [-0.2, -0.15) is 0 Å². The van der Waals surface area contributed by atoms with Gasteiger partial charge in [-0.05, 0) is 48.6 Å². The predicted octanol–water partition coefficient (Wildman–Crippen LogP) is 5.12. The van der Waals surface area contributed by atoms with Crippen molar-refractivity contribution in [3.63, 3.8) is 0 Å². The molecular formula is C20H25N. The van der Waals surface area contributed by atoms with Gasteiger partial charge >= 0.3 is 0 Å². The molecule has 0 saturated heterocycles. The summed E-state index contributed by atoms with van der Waals surface area (Å²) in [6.45, 7) is 13.0. The van der Waals surface area contributed by atoms with Gasteiger partial charge in [0, 0.05) is 16.7 Å². The van der Waals surface area contributed by atoms with Crippen LogP contribution in [0, 0.1) is 17.3 Å². The van der Waals surface area contributed by atoms with E-state index in [1.54, 1.807) is 0 Å². The number of hydrogen-bond donors (Lipinski definition) is 1. The van der Waals surface area contributed by atoms with Crippen molar-refractivity contribution in [2.24, 2.45) is 5.41 Å². The largest absolute Gasteiger partial charge is 0.398 e. The standard InChI is InChI=1S/C20H25N/c1-19(2,3)12-11-16-15-10-8-7-9-14(15)13-17(21)18(16)20(4,5)6/h7-10,13H,21H2,1-6H3. The molecule has 2 rings (SSSR count). The molecule has 0 aliphatic heterocycles. The molecule has 2 N–H and O–H groups in total. The number of rotatable bonds is 0. The van der Waals surface area contributed by atoms with Crippen LogP contribution in [0.25, 0.3) is 10.8 Å². The lowest BCUT2D eigenvalue weighted by atomic mass is 9.80. The summed E-state index contributed by atoms with van der Waals surface area (Å²) in [5, 5.41) is 2.34. The molecule has 0 amide bonds. The first-order valence-electron chi connectivity index (χ1n) is 7.44. The van der Waals surface area contributed by atoms with Crippen LogP contribution < -0.4 is 5.73 Å². The van der Waals surface area contributed by atoms with Gasteiger partial charge in [0.2, 0.25) is 0 Å². The molecule has 21 heavy (non-hydrogen) atoms. The fraction of sp³-hybridized carbons (Fsp3) is 0.400. The van der Waals surface area contributed by atoms with E-state index in [1.165, 1.54) is 5.39 Å². The summed E-state index contributed by atoms with van der Waals surface area (Å²) in [6, 6.07) is 10.4. The molecular weight excluding hydrogens is 254 g/mol. The summed E-state index contributed by atoms with van der Waals surface area (Å²) in [5.41, 5.74) is 9.35. The van der Waals surface area contributed by atoms with Gasteiger partial charge in [0.05, 0.1) is 0 Å². The van der Waals surface area contributed by atoms with E-state index in [1.807, 2.05) is 6.07 Å². The topological polar surface area (TPSA) is 26.0 Å². The average Bonchev–Trinajstić information content (AvgIpc) is 2.32. The van der Waals surface area contributed by atoms with Gasteiger partial charge in [-0.25, -0.2) is 0 Å². The summed E-state index contributed by atoms with van der Waals surface area (Å²) >= 11 is 0. The molecule has 0 atom stereocenters. The minimum Gasteiger partial charge on any atom is -0.398 e. The minimum atomic E-state index is -0.0317. The second kappa shape index (κ2) is 5.11. The minimum absolute atomic E-state index is 0.0269. The molecule has 0 fully saturated rings. The Morgan fingerprint density at radius 1 is 0.952 bits per heavy atom. The molecule has 110 valence electrons. The zero-order valence-corrected chi connectivity index (χ0v) is 14.0. The molecule has 0 unspecified atom stereocenters. The summed E-state index contributed by atoms with van der Waals surface area (Å²) < 4.78 is 0. The van der Waals surface area contributed by atoms with E-state index >= 15 is 0 Å². The number of benzene rings is 2. The number of nitrogen functional groups attached to an aromatic ring is 1. The van der Waals surface area contributed by atoms with Gasteiger partial charge in [0.25, 0.3) is 0 Å². The maximum absolute atomic E-state index is 6.35. The summed E-state index contributed by atoms with van der Waals surface area (Å²) in [5.74, 6) is 6.78. The fourth-order valence-electron chi connectivity index (χ4n) is 2.56. The molecule has 0 aliphatic carbocycles.